The highest BCUT2D eigenvalue weighted by Gasteiger charge is 2.20. The fourth-order valence-electron chi connectivity index (χ4n) is 2.79. The van der Waals surface area contributed by atoms with E-state index in [1.165, 1.54) is 19.3 Å². The zero-order valence-corrected chi connectivity index (χ0v) is 15.9. The first-order valence-electron chi connectivity index (χ1n) is 8.31. The van der Waals surface area contributed by atoms with Gasteiger partial charge in [0.05, 0.1) is 15.9 Å². The molecule has 10 heteroatoms. The number of hydrogen-bond donors (Lipinski definition) is 0. The van der Waals surface area contributed by atoms with Gasteiger partial charge in [0.25, 0.3) is 11.4 Å². The maximum absolute atomic E-state index is 12.2. The number of non-ortho nitro benzene ring substituents is 2. The molecule has 8 nitrogen and oxygen atoms in total. The highest BCUT2D eigenvalue weighted by Crippen LogP contribution is 2.25. The molecule has 1 aliphatic heterocycles. The minimum Gasteiger partial charge on any atom is -0.303 e. The van der Waals surface area contributed by atoms with Crippen LogP contribution in [0.15, 0.2) is 18.2 Å². The van der Waals surface area contributed by atoms with Gasteiger partial charge in [-0.05, 0) is 45.3 Å². The summed E-state index contributed by atoms with van der Waals surface area (Å²) in [4.78, 5) is 34.9. The number of unbranched alkanes of at least 4 members (excludes halogenated alkanes) is 1. The van der Waals surface area contributed by atoms with Crippen molar-refractivity contribution in [3.05, 3.63) is 44.0 Å². The Hall–Kier alpha value is -1.71. The van der Waals surface area contributed by atoms with E-state index in [4.69, 9.17) is 0 Å². The fraction of sp³-hybridized carbons (Fsp3) is 0.562. The second-order valence-corrected chi connectivity index (χ2v) is 7.07. The number of carbonyl (C=O) groups is 1. The molecule has 144 valence electrons. The second kappa shape index (κ2) is 11.1. The molecular weight excluding hydrogens is 382 g/mol. The van der Waals surface area contributed by atoms with Crippen LogP contribution >= 0.6 is 24.2 Å². The highest BCUT2D eigenvalue weighted by atomic mass is 35.5. The molecule has 2 rings (SSSR count). The van der Waals surface area contributed by atoms with Crippen molar-refractivity contribution >= 4 is 40.7 Å². The third kappa shape index (κ3) is 6.89. The number of halogens is 1. The molecule has 0 N–H and O–H groups in total. The Morgan fingerprint density at radius 2 is 1.58 bits per heavy atom. The molecule has 0 radical (unpaired) electrons. The van der Waals surface area contributed by atoms with Gasteiger partial charge in [-0.2, -0.15) is 0 Å². The lowest BCUT2D eigenvalue weighted by atomic mass is 10.1. The van der Waals surface area contributed by atoms with Gasteiger partial charge < -0.3 is 4.90 Å². The van der Waals surface area contributed by atoms with Crippen LogP contribution < -0.4 is 0 Å². The van der Waals surface area contributed by atoms with Crippen LogP contribution in [0.3, 0.4) is 0 Å². The largest absolute Gasteiger partial charge is 0.303 e. The number of carbonyl (C=O) groups excluding carboxylic acids is 1. The van der Waals surface area contributed by atoms with Gasteiger partial charge in [-0.3, -0.25) is 25.0 Å². The first kappa shape index (κ1) is 22.3. The van der Waals surface area contributed by atoms with Crippen molar-refractivity contribution in [2.24, 2.45) is 0 Å². The van der Waals surface area contributed by atoms with E-state index in [2.05, 4.69) is 4.90 Å². The van der Waals surface area contributed by atoms with E-state index in [0.29, 0.717) is 5.75 Å². The molecule has 26 heavy (non-hydrogen) atoms. The Morgan fingerprint density at radius 3 is 2.12 bits per heavy atom. The summed E-state index contributed by atoms with van der Waals surface area (Å²) < 4.78 is 0. The van der Waals surface area contributed by atoms with Crippen molar-refractivity contribution in [2.45, 2.75) is 32.1 Å². The van der Waals surface area contributed by atoms with Gasteiger partial charge in [0, 0.05) is 23.4 Å². The Balaban J connectivity index is 0.00000338. The van der Waals surface area contributed by atoms with Crippen molar-refractivity contribution in [1.82, 2.24) is 4.90 Å². The average Bonchev–Trinajstić information content (AvgIpc) is 2.61. The minimum atomic E-state index is -0.729. The predicted octanol–water partition coefficient (Wildman–Crippen LogP) is 4.06. The summed E-state index contributed by atoms with van der Waals surface area (Å²) in [5.41, 5.74) is -0.881. The summed E-state index contributed by atoms with van der Waals surface area (Å²) in [5, 5.41) is 21.4. The number of hydrogen-bond acceptors (Lipinski definition) is 7. The minimum absolute atomic E-state index is 0. The summed E-state index contributed by atoms with van der Waals surface area (Å²) in [6, 6.07) is 3.05. The van der Waals surface area contributed by atoms with Crippen LogP contribution in [-0.4, -0.2) is 45.2 Å². The van der Waals surface area contributed by atoms with E-state index in [1.54, 1.807) is 0 Å². The molecule has 1 aromatic carbocycles. The normalized spacial score (nSPS) is 14.5. The lowest BCUT2D eigenvalue weighted by molar-refractivity contribution is -0.394. The number of rotatable bonds is 8. The van der Waals surface area contributed by atoms with Gasteiger partial charge in [0.1, 0.15) is 0 Å². The van der Waals surface area contributed by atoms with Crippen molar-refractivity contribution in [2.75, 3.05) is 25.4 Å². The predicted molar refractivity (Wildman–Crippen MR) is 103 cm³/mol. The van der Waals surface area contributed by atoms with Crippen molar-refractivity contribution in [3.8, 4) is 0 Å². The molecule has 0 spiro atoms. The van der Waals surface area contributed by atoms with Crippen molar-refractivity contribution in [3.63, 3.8) is 0 Å². The first-order valence-corrected chi connectivity index (χ1v) is 9.29. The Morgan fingerprint density at radius 1 is 1.00 bits per heavy atom. The number of nitro benzene ring substituents is 2. The SMILES string of the molecule is Cl.O=C(SCCCCN1CCCCC1)c1cc([N+](=O)[O-])cc([N+](=O)[O-])c1. The smallest absolute Gasteiger partial charge is 0.277 e. The molecule has 0 saturated carbocycles. The van der Waals surface area contributed by atoms with E-state index >= 15 is 0 Å². The molecule has 0 aromatic heterocycles. The number of piperidine rings is 1. The highest BCUT2D eigenvalue weighted by molar-refractivity contribution is 8.14. The van der Waals surface area contributed by atoms with Gasteiger partial charge in [-0.1, -0.05) is 18.2 Å². The lowest BCUT2D eigenvalue weighted by Gasteiger charge is -2.26. The molecule has 1 fully saturated rings. The van der Waals surface area contributed by atoms with E-state index in [0.717, 1.165) is 62.4 Å². The lowest BCUT2D eigenvalue weighted by Crippen LogP contribution is -2.30. The summed E-state index contributed by atoms with van der Waals surface area (Å²) >= 11 is 1.05. The number of benzene rings is 1. The van der Waals surface area contributed by atoms with E-state index in [9.17, 15) is 25.0 Å². The molecule has 1 heterocycles. The average molecular weight is 404 g/mol. The molecule has 0 bridgehead atoms. The van der Waals surface area contributed by atoms with Crippen LogP contribution in [0.25, 0.3) is 0 Å². The Labute approximate surface area is 162 Å². The molecule has 0 atom stereocenters. The van der Waals surface area contributed by atoms with E-state index in [1.807, 2.05) is 0 Å². The zero-order valence-electron chi connectivity index (χ0n) is 14.3. The standard InChI is InChI=1S/C16H21N3O5S.ClH/c20-16(25-9-5-4-8-17-6-2-1-3-7-17)13-10-14(18(21)22)12-15(11-13)19(23)24;/h10-12H,1-9H2;1H. The van der Waals surface area contributed by atoms with Crippen LogP contribution in [-0.2, 0) is 0 Å². The Bertz CT molecular complexity index is 621. The third-order valence-electron chi connectivity index (χ3n) is 4.11. The van der Waals surface area contributed by atoms with Crippen LogP contribution in [0.4, 0.5) is 11.4 Å². The van der Waals surface area contributed by atoms with Gasteiger partial charge >= 0.3 is 0 Å². The van der Waals surface area contributed by atoms with Gasteiger partial charge in [-0.15, -0.1) is 12.4 Å². The topological polar surface area (TPSA) is 107 Å². The van der Waals surface area contributed by atoms with Crippen molar-refractivity contribution < 1.29 is 14.6 Å². The van der Waals surface area contributed by atoms with Crippen LogP contribution in [0.1, 0.15) is 42.5 Å². The quantitative estimate of drug-likeness (QED) is 0.366. The molecule has 0 aliphatic carbocycles. The van der Waals surface area contributed by atoms with Gasteiger partial charge in [-0.25, -0.2) is 0 Å². The van der Waals surface area contributed by atoms with E-state index in [-0.39, 0.29) is 23.1 Å². The van der Waals surface area contributed by atoms with Gasteiger partial charge in [0.2, 0.25) is 5.12 Å². The molecule has 0 amide bonds. The monoisotopic (exact) mass is 403 g/mol. The van der Waals surface area contributed by atoms with Crippen LogP contribution in [0, 0.1) is 20.2 Å². The maximum atomic E-state index is 12.2. The third-order valence-corrected chi connectivity index (χ3v) is 5.10. The van der Waals surface area contributed by atoms with Crippen molar-refractivity contribution in [1.29, 1.82) is 0 Å². The molecule has 0 unspecified atom stereocenters. The zero-order chi connectivity index (χ0) is 18.2. The summed E-state index contributed by atoms with van der Waals surface area (Å²) in [7, 11) is 0. The summed E-state index contributed by atoms with van der Waals surface area (Å²) in [6.45, 7) is 3.31. The van der Waals surface area contributed by atoms with Crippen LogP contribution in [0.5, 0.6) is 0 Å². The number of thioether (sulfide) groups is 1. The molecular formula is C16H22ClN3O5S. The number of nitro groups is 2. The van der Waals surface area contributed by atoms with Crippen LogP contribution in [0.2, 0.25) is 0 Å². The molecule has 1 aromatic rings. The summed E-state index contributed by atoms with van der Waals surface area (Å²) in [6.07, 6.45) is 5.66. The molecule has 1 aliphatic rings. The Kier molecular flexibility index (Phi) is 9.53. The fourth-order valence-corrected chi connectivity index (χ4v) is 3.61. The first-order chi connectivity index (χ1) is 12.0. The number of likely N-dealkylation sites (tertiary alicyclic amines) is 1. The second-order valence-electron chi connectivity index (χ2n) is 6.00. The van der Waals surface area contributed by atoms with E-state index < -0.39 is 21.2 Å². The van der Waals surface area contributed by atoms with Gasteiger partial charge in [0.15, 0.2) is 0 Å². The number of nitrogens with zero attached hydrogens (tertiary/aromatic N) is 3. The molecule has 1 saturated heterocycles. The maximum Gasteiger partial charge on any atom is 0.277 e. The summed E-state index contributed by atoms with van der Waals surface area (Å²) in [5.74, 6) is 0.600.